The molecule has 1 amide bonds. The Morgan fingerprint density at radius 1 is 1.47 bits per heavy atom. The monoisotopic (exact) mass is 265 g/mol. The first-order valence-electron chi connectivity index (χ1n) is 6.93. The number of rotatable bonds is 2. The predicted molar refractivity (Wildman–Crippen MR) is 72.9 cm³/mol. The van der Waals surface area contributed by atoms with E-state index >= 15 is 0 Å². The van der Waals surface area contributed by atoms with Gasteiger partial charge < -0.3 is 9.64 Å². The smallest absolute Gasteiger partial charge is 0.410 e. The van der Waals surface area contributed by atoms with Crippen LogP contribution in [-0.2, 0) is 24.1 Å². The number of nitrogens with one attached hydrogen (secondary N) is 1. The van der Waals surface area contributed by atoms with E-state index in [-0.39, 0.29) is 6.09 Å². The zero-order chi connectivity index (χ0) is 14.0. The standard InChI is InChI=1S/C14H23N3O2/c1-5-6-11-10-9-17(8-7-12(10)16-15-11)13(18)19-14(2,3)4/h5-9H2,1-4H3,(H,15,16). The van der Waals surface area contributed by atoms with Crippen LogP contribution in [-0.4, -0.2) is 33.3 Å². The minimum absolute atomic E-state index is 0.234. The minimum Gasteiger partial charge on any atom is -0.444 e. The first kappa shape index (κ1) is 13.9. The second kappa shape index (κ2) is 5.23. The maximum atomic E-state index is 12.1. The fraction of sp³-hybridized carbons (Fsp3) is 0.714. The summed E-state index contributed by atoms with van der Waals surface area (Å²) in [4.78, 5) is 13.9. The molecule has 0 atom stereocenters. The Morgan fingerprint density at radius 3 is 2.84 bits per heavy atom. The Bertz CT molecular complexity index is 460. The van der Waals surface area contributed by atoms with Gasteiger partial charge in [0.2, 0.25) is 0 Å². The van der Waals surface area contributed by atoms with Crippen molar-refractivity contribution in [2.24, 2.45) is 0 Å². The van der Waals surface area contributed by atoms with Crippen molar-refractivity contribution in [3.05, 3.63) is 17.0 Å². The molecule has 1 aromatic rings. The van der Waals surface area contributed by atoms with Gasteiger partial charge in [0.25, 0.3) is 0 Å². The van der Waals surface area contributed by atoms with Crippen LogP contribution in [0.4, 0.5) is 4.79 Å². The van der Waals surface area contributed by atoms with E-state index in [1.807, 2.05) is 20.8 Å². The normalized spacial score (nSPS) is 15.3. The van der Waals surface area contributed by atoms with Crippen LogP contribution in [0.1, 0.15) is 51.1 Å². The quantitative estimate of drug-likeness (QED) is 0.894. The number of aryl methyl sites for hydroxylation is 1. The molecule has 0 aromatic carbocycles. The third kappa shape index (κ3) is 3.28. The molecule has 1 aromatic heterocycles. The van der Waals surface area contributed by atoms with Gasteiger partial charge in [-0.1, -0.05) is 13.3 Å². The van der Waals surface area contributed by atoms with E-state index in [9.17, 15) is 4.79 Å². The van der Waals surface area contributed by atoms with Crippen LogP contribution in [0.5, 0.6) is 0 Å². The summed E-state index contributed by atoms with van der Waals surface area (Å²) in [6.07, 6.45) is 2.60. The number of ether oxygens (including phenoxy) is 1. The number of aromatic amines is 1. The van der Waals surface area contributed by atoms with Gasteiger partial charge in [-0.15, -0.1) is 0 Å². The molecule has 0 unspecified atom stereocenters. The van der Waals surface area contributed by atoms with Crippen molar-refractivity contribution in [3.63, 3.8) is 0 Å². The molecule has 1 aliphatic rings. The molecule has 0 spiro atoms. The Kier molecular flexibility index (Phi) is 3.83. The Morgan fingerprint density at radius 2 is 2.21 bits per heavy atom. The second-order valence-electron chi connectivity index (χ2n) is 6.03. The molecule has 2 rings (SSSR count). The van der Waals surface area contributed by atoms with Crippen LogP contribution in [0.15, 0.2) is 0 Å². The first-order valence-corrected chi connectivity index (χ1v) is 6.93. The van der Waals surface area contributed by atoms with E-state index in [0.29, 0.717) is 13.1 Å². The van der Waals surface area contributed by atoms with Gasteiger partial charge in [-0.2, -0.15) is 5.10 Å². The van der Waals surface area contributed by atoms with Crippen LogP contribution in [0.2, 0.25) is 0 Å². The van der Waals surface area contributed by atoms with E-state index in [1.54, 1.807) is 4.90 Å². The molecule has 1 N–H and O–H groups in total. The molecular formula is C14H23N3O2. The summed E-state index contributed by atoms with van der Waals surface area (Å²) in [7, 11) is 0. The van der Waals surface area contributed by atoms with Gasteiger partial charge in [-0.25, -0.2) is 4.79 Å². The largest absolute Gasteiger partial charge is 0.444 e. The number of amides is 1. The highest BCUT2D eigenvalue weighted by atomic mass is 16.6. The van der Waals surface area contributed by atoms with Crippen LogP contribution >= 0.6 is 0 Å². The molecule has 0 radical (unpaired) electrons. The Balaban J connectivity index is 2.08. The molecule has 19 heavy (non-hydrogen) atoms. The molecule has 0 saturated carbocycles. The van der Waals surface area contributed by atoms with Gasteiger partial charge in [-0.05, 0) is 27.2 Å². The molecule has 0 fully saturated rings. The van der Waals surface area contributed by atoms with E-state index in [1.165, 1.54) is 11.3 Å². The van der Waals surface area contributed by atoms with E-state index in [0.717, 1.165) is 25.0 Å². The summed E-state index contributed by atoms with van der Waals surface area (Å²) in [5, 5.41) is 7.44. The van der Waals surface area contributed by atoms with Crippen molar-refractivity contribution in [2.45, 2.75) is 59.1 Å². The van der Waals surface area contributed by atoms with Crippen molar-refractivity contribution >= 4 is 6.09 Å². The SMILES string of the molecule is CCCc1n[nH]c2c1CN(C(=O)OC(C)(C)C)CC2. The first-order chi connectivity index (χ1) is 8.90. The lowest BCUT2D eigenvalue weighted by Crippen LogP contribution is -2.40. The minimum atomic E-state index is -0.444. The van der Waals surface area contributed by atoms with E-state index in [2.05, 4.69) is 17.1 Å². The number of aromatic nitrogens is 2. The number of nitrogens with zero attached hydrogens (tertiary/aromatic N) is 2. The second-order valence-corrected chi connectivity index (χ2v) is 6.03. The summed E-state index contributed by atoms with van der Waals surface area (Å²) < 4.78 is 5.42. The van der Waals surface area contributed by atoms with E-state index < -0.39 is 5.60 Å². The van der Waals surface area contributed by atoms with Gasteiger partial charge in [0, 0.05) is 24.2 Å². The lowest BCUT2D eigenvalue weighted by atomic mass is 10.0. The van der Waals surface area contributed by atoms with Crippen molar-refractivity contribution in [1.29, 1.82) is 0 Å². The lowest BCUT2D eigenvalue weighted by Gasteiger charge is -2.30. The van der Waals surface area contributed by atoms with Crippen molar-refractivity contribution in [3.8, 4) is 0 Å². The highest BCUT2D eigenvalue weighted by molar-refractivity contribution is 5.68. The van der Waals surface area contributed by atoms with Crippen LogP contribution in [0.3, 0.4) is 0 Å². The third-order valence-electron chi connectivity index (χ3n) is 3.16. The fourth-order valence-corrected chi connectivity index (χ4v) is 2.28. The average Bonchev–Trinajstić information content (AvgIpc) is 2.70. The Hall–Kier alpha value is -1.52. The van der Waals surface area contributed by atoms with E-state index in [4.69, 9.17) is 4.74 Å². The molecule has 0 aliphatic carbocycles. The van der Waals surface area contributed by atoms with Gasteiger partial charge in [0.05, 0.1) is 12.2 Å². The van der Waals surface area contributed by atoms with Gasteiger partial charge in [0.1, 0.15) is 5.60 Å². The molecule has 5 heteroatoms. The molecule has 0 saturated heterocycles. The van der Waals surface area contributed by atoms with Crippen LogP contribution < -0.4 is 0 Å². The topological polar surface area (TPSA) is 58.2 Å². The number of carbonyl (C=O) groups is 1. The lowest BCUT2D eigenvalue weighted by molar-refractivity contribution is 0.0223. The summed E-state index contributed by atoms with van der Waals surface area (Å²) in [6, 6.07) is 0. The molecule has 1 aliphatic heterocycles. The Labute approximate surface area is 114 Å². The summed E-state index contributed by atoms with van der Waals surface area (Å²) >= 11 is 0. The van der Waals surface area contributed by atoms with Crippen molar-refractivity contribution in [2.75, 3.05) is 6.54 Å². The third-order valence-corrected chi connectivity index (χ3v) is 3.16. The van der Waals surface area contributed by atoms with Crippen molar-refractivity contribution in [1.82, 2.24) is 15.1 Å². The fourth-order valence-electron chi connectivity index (χ4n) is 2.28. The molecule has 5 nitrogen and oxygen atoms in total. The average molecular weight is 265 g/mol. The maximum absolute atomic E-state index is 12.1. The maximum Gasteiger partial charge on any atom is 0.410 e. The number of hydrogen-bond donors (Lipinski definition) is 1. The number of carbonyl (C=O) groups excluding carboxylic acids is 1. The highest BCUT2D eigenvalue weighted by Crippen LogP contribution is 2.22. The van der Waals surface area contributed by atoms with Crippen LogP contribution in [0.25, 0.3) is 0 Å². The molecule has 2 heterocycles. The molecule has 0 bridgehead atoms. The molecular weight excluding hydrogens is 242 g/mol. The summed E-state index contributed by atoms with van der Waals surface area (Å²) in [5.41, 5.74) is 2.99. The molecule has 106 valence electrons. The zero-order valence-electron chi connectivity index (χ0n) is 12.2. The van der Waals surface area contributed by atoms with Gasteiger partial charge in [0.15, 0.2) is 0 Å². The summed E-state index contributed by atoms with van der Waals surface area (Å²) in [5.74, 6) is 0. The predicted octanol–water partition coefficient (Wildman–Crippen LogP) is 2.66. The van der Waals surface area contributed by atoms with Gasteiger partial charge >= 0.3 is 6.09 Å². The summed E-state index contributed by atoms with van der Waals surface area (Å²) in [6.45, 7) is 9.10. The zero-order valence-corrected chi connectivity index (χ0v) is 12.2. The number of fused-ring (bicyclic) bond motifs is 1. The van der Waals surface area contributed by atoms with Crippen LogP contribution in [0, 0.1) is 0 Å². The van der Waals surface area contributed by atoms with Gasteiger partial charge in [-0.3, -0.25) is 5.10 Å². The van der Waals surface area contributed by atoms with Crippen molar-refractivity contribution < 1.29 is 9.53 Å². The highest BCUT2D eigenvalue weighted by Gasteiger charge is 2.28. The number of H-pyrrole nitrogens is 1. The number of hydrogen-bond acceptors (Lipinski definition) is 3.